The zero-order chi connectivity index (χ0) is 24.2. The lowest BCUT2D eigenvalue weighted by atomic mass is 9.98. The molecule has 6 rings (SSSR count). The summed E-state index contributed by atoms with van der Waals surface area (Å²) in [5, 5.41) is 21.8. The lowest BCUT2D eigenvalue weighted by molar-refractivity contribution is -0.143. The first-order valence-corrected chi connectivity index (χ1v) is 11.4. The Hall–Kier alpha value is -4.21. The van der Waals surface area contributed by atoms with Gasteiger partial charge in [-0.25, -0.2) is 9.42 Å². The lowest BCUT2D eigenvalue weighted by Gasteiger charge is -2.15. The molecule has 3 N–H and O–H groups in total. The summed E-state index contributed by atoms with van der Waals surface area (Å²) in [6.07, 6.45) is 0.829. The van der Waals surface area contributed by atoms with Crippen LogP contribution in [0.2, 0.25) is 0 Å². The summed E-state index contributed by atoms with van der Waals surface area (Å²) in [6, 6.07) is 15.7. The molecule has 10 nitrogen and oxygen atoms in total. The standard InChI is InChI=1S/C25H22N4O6/c30-22(26-14-9-13-10-25(13,11-14)23(31)32)20-21(29-35-28-20)27-24(33)34-12-19-17-7-3-1-5-15(17)16-6-2-4-8-18(16)19/h1-8,13-14,19H,9-12H2,(H,26,30)(H,31,32)(H,27,29,33)/t13-,14+,25+/m0/s1. The van der Waals surface area contributed by atoms with Crippen LogP contribution in [-0.2, 0) is 9.53 Å². The summed E-state index contributed by atoms with van der Waals surface area (Å²) in [6.45, 7) is 0.105. The molecule has 178 valence electrons. The summed E-state index contributed by atoms with van der Waals surface area (Å²) in [5.74, 6) is -1.59. The molecule has 3 aliphatic carbocycles. The average molecular weight is 474 g/mol. The van der Waals surface area contributed by atoms with Crippen LogP contribution in [0.4, 0.5) is 10.6 Å². The Labute approximate surface area is 199 Å². The second-order valence-corrected chi connectivity index (χ2v) is 9.38. The van der Waals surface area contributed by atoms with E-state index < -0.39 is 23.4 Å². The van der Waals surface area contributed by atoms with Gasteiger partial charge in [-0.1, -0.05) is 48.5 Å². The minimum atomic E-state index is -0.819. The molecule has 0 unspecified atom stereocenters. The molecule has 1 aromatic heterocycles. The van der Waals surface area contributed by atoms with Crippen LogP contribution in [0.25, 0.3) is 11.1 Å². The Morgan fingerprint density at radius 2 is 1.71 bits per heavy atom. The molecule has 1 heterocycles. The molecule has 2 fully saturated rings. The Balaban J connectivity index is 1.09. The fourth-order valence-electron chi connectivity index (χ4n) is 5.67. The van der Waals surface area contributed by atoms with Gasteiger partial charge >= 0.3 is 12.1 Å². The van der Waals surface area contributed by atoms with Crippen molar-refractivity contribution in [2.24, 2.45) is 11.3 Å². The van der Waals surface area contributed by atoms with E-state index in [1.54, 1.807) is 0 Å². The van der Waals surface area contributed by atoms with Crippen molar-refractivity contribution in [3.05, 3.63) is 65.4 Å². The Morgan fingerprint density at radius 1 is 1.03 bits per heavy atom. The molecule has 0 bridgehead atoms. The van der Waals surface area contributed by atoms with E-state index in [9.17, 15) is 19.5 Å². The maximum Gasteiger partial charge on any atom is 0.412 e. The number of carboxylic acids is 1. The van der Waals surface area contributed by atoms with Crippen LogP contribution in [0.15, 0.2) is 53.2 Å². The molecule has 2 amide bonds. The van der Waals surface area contributed by atoms with Crippen molar-refractivity contribution in [2.45, 2.75) is 31.2 Å². The molecule has 10 heteroatoms. The van der Waals surface area contributed by atoms with Gasteiger partial charge in [0.25, 0.3) is 5.91 Å². The first kappa shape index (κ1) is 21.3. The minimum Gasteiger partial charge on any atom is -0.481 e. The number of nitrogens with one attached hydrogen (secondary N) is 2. The molecule has 3 atom stereocenters. The normalized spacial score (nSPS) is 23.7. The fraction of sp³-hybridized carbons (Fsp3) is 0.320. The van der Waals surface area contributed by atoms with Gasteiger partial charge in [0, 0.05) is 12.0 Å². The third kappa shape index (κ3) is 3.52. The monoisotopic (exact) mass is 474 g/mol. The number of carboxylic acid groups (broad SMARTS) is 1. The van der Waals surface area contributed by atoms with Crippen LogP contribution < -0.4 is 10.6 Å². The first-order chi connectivity index (χ1) is 17.0. The SMILES string of the molecule is O=C(Nc1nonc1C(=O)N[C@@H]1C[C@H]2C[C@@]2(C(=O)O)C1)OCC1c2ccccc2-c2ccccc21. The predicted molar refractivity (Wildman–Crippen MR) is 122 cm³/mol. The van der Waals surface area contributed by atoms with Crippen LogP contribution in [0.5, 0.6) is 0 Å². The highest BCUT2D eigenvalue weighted by Gasteiger charge is 2.65. The zero-order valence-corrected chi connectivity index (χ0v) is 18.6. The summed E-state index contributed by atoms with van der Waals surface area (Å²) >= 11 is 0. The van der Waals surface area contributed by atoms with Crippen molar-refractivity contribution in [1.29, 1.82) is 0 Å². The highest BCUT2D eigenvalue weighted by Crippen LogP contribution is 2.63. The fourth-order valence-corrected chi connectivity index (χ4v) is 5.67. The van der Waals surface area contributed by atoms with E-state index in [1.165, 1.54) is 0 Å². The molecule has 35 heavy (non-hydrogen) atoms. The second kappa shape index (κ2) is 7.93. The molecule has 3 aromatic rings. The number of ether oxygens (including phenoxy) is 1. The second-order valence-electron chi connectivity index (χ2n) is 9.38. The van der Waals surface area contributed by atoms with E-state index in [2.05, 4.69) is 25.6 Å². The van der Waals surface area contributed by atoms with Crippen molar-refractivity contribution < 1.29 is 28.9 Å². The van der Waals surface area contributed by atoms with Crippen molar-refractivity contribution in [3.63, 3.8) is 0 Å². The van der Waals surface area contributed by atoms with Crippen LogP contribution in [-0.4, -0.2) is 46.0 Å². The number of fused-ring (bicyclic) bond motifs is 4. The lowest BCUT2D eigenvalue weighted by Crippen LogP contribution is -2.35. The number of anilines is 1. The minimum absolute atomic E-state index is 0.0826. The highest BCUT2D eigenvalue weighted by atomic mass is 16.6. The van der Waals surface area contributed by atoms with Crippen molar-refractivity contribution in [3.8, 4) is 11.1 Å². The molecule has 0 aliphatic heterocycles. The van der Waals surface area contributed by atoms with E-state index >= 15 is 0 Å². The smallest absolute Gasteiger partial charge is 0.412 e. The molecule has 2 aromatic carbocycles. The summed E-state index contributed by atoms with van der Waals surface area (Å²) in [5.41, 5.74) is 3.49. The average Bonchev–Trinajstić information content (AvgIpc) is 3.17. The van der Waals surface area contributed by atoms with Crippen molar-refractivity contribution in [2.75, 3.05) is 11.9 Å². The van der Waals surface area contributed by atoms with Gasteiger partial charge in [-0.2, -0.15) is 0 Å². The van der Waals surface area contributed by atoms with E-state index in [4.69, 9.17) is 4.74 Å². The van der Waals surface area contributed by atoms with Crippen LogP contribution in [0, 0.1) is 11.3 Å². The van der Waals surface area contributed by atoms with Gasteiger partial charge in [-0.15, -0.1) is 0 Å². The molecular weight excluding hydrogens is 452 g/mol. The molecule has 0 radical (unpaired) electrons. The van der Waals surface area contributed by atoms with Crippen molar-refractivity contribution in [1.82, 2.24) is 15.6 Å². The van der Waals surface area contributed by atoms with E-state index in [-0.39, 0.29) is 36.0 Å². The number of carbonyl (C=O) groups excluding carboxylic acids is 2. The molecule has 2 saturated carbocycles. The van der Waals surface area contributed by atoms with Gasteiger partial charge in [0.05, 0.1) is 5.41 Å². The van der Waals surface area contributed by atoms with Crippen molar-refractivity contribution >= 4 is 23.8 Å². The maximum absolute atomic E-state index is 12.7. The number of benzene rings is 2. The number of rotatable bonds is 6. The quantitative estimate of drug-likeness (QED) is 0.493. The number of hydrogen-bond acceptors (Lipinski definition) is 7. The summed E-state index contributed by atoms with van der Waals surface area (Å²) < 4.78 is 10.1. The van der Waals surface area contributed by atoms with E-state index in [0.717, 1.165) is 22.3 Å². The van der Waals surface area contributed by atoms with Gasteiger partial charge in [-0.05, 0) is 57.7 Å². The topological polar surface area (TPSA) is 144 Å². The number of carbonyl (C=O) groups is 3. The molecule has 0 spiro atoms. The number of aromatic nitrogens is 2. The number of aliphatic carboxylic acids is 1. The number of hydrogen-bond donors (Lipinski definition) is 3. The molecule has 3 aliphatic rings. The maximum atomic E-state index is 12.7. The third-order valence-corrected chi connectivity index (χ3v) is 7.44. The molecule has 0 saturated heterocycles. The Bertz CT molecular complexity index is 1310. The predicted octanol–water partition coefficient (Wildman–Crippen LogP) is 3.41. The van der Waals surface area contributed by atoms with Crippen LogP contribution in [0.1, 0.15) is 46.8 Å². The van der Waals surface area contributed by atoms with E-state index in [1.807, 2.05) is 48.5 Å². The number of amides is 2. The van der Waals surface area contributed by atoms with Gasteiger partial charge < -0.3 is 15.2 Å². The Kier molecular flexibility index (Phi) is 4.84. The highest BCUT2D eigenvalue weighted by molar-refractivity contribution is 5.99. The van der Waals surface area contributed by atoms with Crippen LogP contribution >= 0.6 is 0 Å². The van der Waals surface area contributed by atoms with Gasteiger partial charge in [0.15, 0.2) is 0 Å². The van der Waals surface area contributed by atoms with Gasteiger partial charge in [-0.3, -0.25) is 14.9 Å². The van der Waals surface area contributed by atoms with E-state index in [0.29, 0.717) is 19.3 Å². The summed E-state index contributed by atoms with van der Waals surface area (Å²) in [7, 11) is 0. The first-order valence-electron chi connectivity index (χ1n) is 11.4. The van der Waals surface area contributed by atoms with Gasteiger partial charge in [0.1, 0.15) is 6.61 Å². The third-order valence-electron chi connectivity index (χ3n) is 7.44. The van der Waals surface area contributed by atoms with Crippen LogP contribution in [0.3, 0.4) is 0 Å². The molecular formula is C25H22N4O6. The largest absolute Gasteiger partial charge is 0.481 e. The Morgan fingerprint density at radius 3 is 2.37 bits per heavy atom. The van der Waals surface area contributed by atoms with Gasteiger partial charge in [0.2, 0.25) is 11.5 Å². The number of nitrogens with zero attached hydrogens (tertiary/aromatic N) is 2. The zero-order valence-electron chi connectivity index (χ0n) is 18.6. The summed E-state index contributed by atoms with van der Waals surface area (Å²) in [4.78, 5) is 36.7.